The monoisotopic (exact) mass is 1340 g/mol. The van der Waals surface area contributed by atoms with Crippen molar-refractivity contribution >= 4 is 39.5 Å². The van der Waals surface area contributed by atoms with Crippen LogP contribution in [-0.4, -0.2) is 96.7 Å². The van der Waals surface area contributed by atoms with E-state index in [1.54, 1.807) is 0 Å². The first-order valence-corrected chi connectivity index (χ1v) is 40.7. The van der Waals surface area contributed by atoms with E-state index in [0.717, 1.165) is 95.8 Å². The number of unbranched alkanes of at least 4 members (excludes halogenated alkanes) is 43. The van der Waals surface area contributed by atoms with E-state index in [4.69, 9.17) is 37.0 Å². The highest BCUT2D eigenvalue weighted by Crippen LogP contribution is 2.45. The summed E-state index contributed by atoms with van der Waals surface area (Å²) in [5.74, 6) is -1.31. The lowest BCUT2D eigenvalue weighted by Gasteiger charge is -2.21. The van der Waals surface area contributed by atoms with Crippen LogP contribution in [0.25, 0.3) is 0 Å². The van der Waals surface area contributed by atoms with Gasteiger partial charge in [0.1, 0.15) is 19.3 Å². The molecule has 540 valence electrons. The molecule has 0 saturated heterocycles. The Bertz CT molecular complexity index is 1760. The topological polar surface area (TPSA) is 237 Å². The first-order valence-electron chi connectivity index (χ1n) is 37.7. The van der Waals surface area contributed by atoms with E-state index in [0.29, 0.717) is 25.7 Å². The number of hydrogen-bond acceptors (Lipinski definition) is 15. The smallest absolute Gasteiger partial charge is 0.462 e. The predicted molar refractivity (Wildman–Crippen MR) is 368 cm³/mol. The quantitative estimate of drug-likeness (QED) is 0.0222. The van der Waals surface area contributed by atoms with Crippen molar-refractivity contribution in [2.45, 2.75) is 393 Å². The van der Waals surface area contributed by atoms with Gasteiger partial charge in [0.25, 0.3) is 0 Å². The van der Waals surface area contributed by atoms with E-state index in [1.165, 1.54) is 199 Å². The molecule has 0 bridgehead atoms. The van der Waals surface area contributed by atoms with Gasteiger partial charge in [-0.15, -0.1) is 0 Å². The van der Waals surface area contributed by atoms with Crippen LogP contribution in [0, 0.1) is 5.92 Å². The molecular formula is C72H140O17P2. The summed E-state index contributed by atoms with van der Waals surface area (Å²) in [6.07, 6.45) is 52.5. The molecular weight excluding hydrogens is 1200 g/mol. The van der Waals surface area contributed by atoms with Gasteiger partial charge in [0.2, 0.25) is 0 Å². The summed E-state index contributed by atoms with van der Waals surface area (Å²) in [5, 5.41) is 10.6. The second kappa shape index (κ2) is 65.4. The van der Waals surface area contributed by atoms with Crippen LogP contribution in [-0.2, 0) is 65.4 Å². The number of carbonyl (C=O) groups is 4. The molecule has 0 radical (unpaired) electrons. The van der Waals surface area contributed by atoms with Crippen molar-refractivity contribution in [3.63, 3.8) is 0 Å². The average Bonchev–Trinajstić information content (AvgIpc) is 3.74. The molecule has 0 aromatic rings. The van der Waals surface area contributed by atoms with E-state index in [1.807, 2.05) is 0 Å². The Labute approximate surface area is 556 Å². The van der Waals surface area contributed by atoms with E-state index >= 15 is 0 Å². The lowest BCUT2D eigenvalue weighted by atomic mass is 9.99. The Kier molecular flexibility index (Phi) is 64.0. The summed E-state index contributed by atoms with van der Waals surface area (Å²) in [7, 11) is -9.90. The van der Waals surface area contributed by atoms with Crippen molar-refractivity contribution in [2.75, 3.05) is 39.6 Å². The van der Waals surface area contributed by atoms with Crippen LogP contribution < -0.4 is 0 Å². The third-order valence-electron chi connectivity index (χ3n) is 17.1. The molecule has 6 atom stereocenters. The van der Waals surface area contributed by atoms with Crippen molar-refractivity contribution in [3.05, 3.63) is 0 Å². The number of carbonyl (C=O) groups excluding carboxylic acids is 4. The Morgan fingerprint density at radius 3 is 0.780 bits per heavy atom. The second-order valence-electron chi connectivity index (χ2n) is 26.2. The number of ether oxygens (including phenoxy) is 4. The Hall–Kier alpha value is -1.94. The molecule has 0 fully saturated rings. The van der Waals surface area contributed by atoms with Gasteiger partial charge in [-0.25, -0.2) is 9.13 Å². The SMILES string of the molecule is CCCCCCCCCCCCCCCCCCC(=O)O[C@H](COC(=O)CCCCCCCCCCCCC(C)CC)COP(=O)(O)OC[C@@H](O)COP(=O)(O)OC[C@@H](COC(=O)CCCCCCCCCCC)OC(=O)CCCCCCCCCCCCCC. The van der Waals surface area contributed by atoms with Gasteiger partial charge < -0.3 is 33.8 Å². The van der Waals surface area contributed by atoms with Crippen molar-refractivity contribution in [1.29, 1.82) is 0 Å². The maximum absolute atomic E-state index is 13.0. The van der Waals surface area contributed by atoms with Crippen molar-refractivity contribution in [1.82, 2.24) is 0 Å². The fraction of sp³-hybridized carbons (Fsp3) is 0.944. The maximum Gasteiger partial charge on any atom is 0.472 e. The van der Waals surface area contributed by atoms with Crippen LogP contribution in [0.1, 0.15) is 375 Å². The van der Waals surface area contributed by atoms with Crippen molar-refractivity contribution in [2.24, 2.45) is 5.92 Å². The lowest BCUT2D eigenvalue weighted by Crippen LogP contribution is -2.30. The van der Waals surface area contributed by atoms with Crippen LogP contribution in [0.2, 0.25) is 0 Å². The van der Waals surface area contributed by atoms with Crippen molar-refractivity contribution < 1.29 is 80.2 Å². The molecule has 3 N–H and O–H groups in total. The van der Waals surface area contributed by atoms with Crippen LogP contribution in [0.4, 0.5) is 0 Å². The molecule has 0 aromatic carbocycles. The maximum atomic E-state index is 13.0. The summed E-state index contributed by atoms with van der Waals surface area (Å²) in [4.78, 5) is 72.6. The summed E-state index contributed by atoms with van der Waals surface area (Å²) in [6, 6.07) is 0. The lowest BCUT2D eigenvalue weighted by molar-refractivity contribution is -0.161. The zero-order chi connectivity index (χ0) is 67.0. The van der Waals surface area contributed by atoms with Crippen LogP contribution >= 0.6 is 15.6 Å². The van der Waals surface area contributed by atoms with E-state index in [9.17, 15) is 43.2 Å². The van der Waals surface area contributed by atoms with Gasteiger partial charge in [-0.05, 0) is 31.6 Å². The normalized spacial score (nSPS) is 14.3. The van der Waals surface area contributed by atoms with Crippen LogP contribution in [0.3, 0.4) is 0 Å². The largest absolute Gasteiger partial charge is 0.472 e. The standard InChI is InChI=1S/C72H140O17P2/c1-6-10-13-16-19-22-24-26-27-28-29-31-38-43-48-53-58-72(77)89-68(62-83-70(75)56-51-46-41-36-33-32-35-39-44-49-54-65(5)9-4)64-87-91(80,81)85-60-66(73)59-84-90(78,79)86-63-67(61-82-69(74)55-50-45-40-34-21-18-15-12-8-3)88-71(76)57-52-47-42-37-30-25-23-20-17-14-11-7-2/h65-68,73H,6-64H2,1-5H3,(H,78,79)(H,80,81)/t65?,66-,67+,68+/m0/s1. The minimum Gasteiger partial charge on any atom is -0.462 e. The molecule has 0 aliphatic rings. The van der Waals surface area contributed by atoms with Gasteiger partial charge >= 0.3 is 39.5 Å². The number of phosphoric ester groups is 2. The summed E-state index contributed by atoms with van der Waals surface area (Å²) < 4.78 is 68.3. The third-order valence-corrected chi connectivity index (χ3v) is 19.0. The number of phosphoric acid groups is 2. The minimum absolute atomic E-state index is 0.107. The first-order chi connectivity index (χ1) is 44.1. The van der Waals surface area contributed by atoms with Gasteiger partial charge in [0.15, 0.2) is 12.2 Å². The van der Waals surface area contributed by atoms with Gasteiger partial charge in [0, 0.05) is 25.7 Å². The number of rotatable bonds is 72. The molecule has 3 unspecified atom stereocenters. The Morgan fingerprint density at radius 2 is 0.527 bits per heavy atom. The molecule has 0 spiro atoms. The van der Waals surface area contributed by atoms with Crippen LogP contribution in [0.15, 0.2) is 0 Å². The number of aliphatic hydroxyl groups is 1. The fourth-order valence-electron chi connectivity index (χ4n) is 11.0. The molecule has 0 aliphatic carbocycles. The molecule has 17 nitrogen and oxygen atoms in total. The average molecular weight is 1340 g/mol. The molecule has 91 heavy (non-hydrogen) atoms. The summed E-state index contributed by atoms with van der Waals surface area (Å²) in [6.45, 7) is 7.28. The van der Waals surface area contributed by atoms with Gasteiger partial charge in [-0.3, -0.25) is 37.3 Å². The van der Waals surface area contributed by atoms with Gasteiger partial charge in [-0.2, -0.15) is 0 Å². The van der Waals surface area contributed by atoms with Gasteiger partial charge in [0.05, 0.1) is 26.4 Å². The molecule has 0 aromatic heterocycles. The molecule has 0 amide bonds. The Balaban J connectivity index is 5.24. The van der Waals surface area contributed by atoms with E-state index in [2.05, 4.69) is 34.6 Å². The minimum atomic E-state index is -4.95. The highest BCUT2D eigenvalue weighted by molar-refractivity contribution is 7.47. The first kappa shape index (κ1) is 89.1. The number of esters is 4. The molecule has 0 aliphatic heterocycles. The number of hydrogen-bond donors (Lipinski definition) is 3. The number of aliphatic hydroxyl groups excluding tert-OH is 1. The van der Waals surface area contributed by atoms with Gasteiger partial charge in [-0.1, -0.05) is 324 Å². The summed E-state index contributed by atoms with van der Waals surface area (Å²) in [5.41, 5.74) is 0. The highest BCUT2D eigenvalue weighted by Gasteiger charge is 2.30. The molecule has 0 rings (SSSR count). The second-order valence-corrected chi connectivity index (χ2v) is 29.1. The zero-order valence-corrected chi connectivity index (χ0v) is 60.8. The third kappa shape index (κ3) is 65.1. The summed E-state index contributed by atoms with van der Waals surface area (Å²) >= 11 is 0. The predicted octanol–water partition coefficient (Wildman–Crippen LogP) is 20.9. The zero-order valence-electron chi connectivity index (χ0n) is 59.0. The fourth-order valence-corrected chi connectivity index (χ4v) is 12.5. The molecule has 0 heterocycles. The molecule has 0 saturated carbocycles. The Morgan fingerprint density at radius 1 is 0.308 bits per heavy atom. The van der Waals surface area contributed by atoms with Crippen LogP contribution in [0.5, 0.6) is 0 Å². The highest BCUT2D eigenvalue weighted by atomic mass is 31.2. The van der Waals surface area contributed by atoms with E-state index in [-0.39, 0.29) is 25.7 Å². The van der Waals surface area contributed by atoms with Crippen molar-refractivity contribution in [3.8, 4) is 0 Å². The van der Waals surface area contributed by atoms with E-state index < -0.39 is 97.5 Å². The molecule has 19 heteroatoms.